The van der Waals surface area contributed by atoms with Crippen LogP contribution in [0.4, 0.5) is 0 Å². The van der Waals surface area contributed by atoms with Crippen LogP contribution in [-0.2, 0) is 13.5 Å². The molecule has 2 heterocycles. The molecule has 0 saturated carbocycles. The first-order valence-corrected chi connectivity index (χ1v) is 5.98. The molecule has 0 saturated heterocycles. The Bertz CT molecular complexity index is 624. The van der Waals surface area contributed by atoms with Gasteiger partial charge in [-0.2, -0.15) is 0 Å². The van der Waals surface area contributed by atoms with E-state index in [0.717, 1.165) is 0 Å². The Kier molecular flexibility index (Phi) is 3.14. The van der Waals surface area contributed by atoms with Gasteiger partial charge < -0.3 is 8.98 Å². The van der Waals surface area contributed by atoms with Crippen molar-refractivity contribution in [2.75, 3.05) is 0 Å². The number of halogens is 3. The lowest BCUT2D eigenvalue weighted by atomic mass is 10.1. The number of hydrogen-bond donors (Lipinski definition) is 1. The van der Waals surface area contributed by atoms with E-state index in [0.29, 0.717) is 22.4 Å². The van der Waals surface area contributed by atoms with Crippen molar-refractivity contribution in [3.05, 3.63) is 23.1 Å². The van der Waals surface area contributed by atoms with Crippen LogP contribution in [0.1, 0.15) is 11.3 Å². The molecule has 92 valence electrons. The Morgan fingerprint density at radius 1 is 1.47 bits per heavy atom. The number of aryl methyl sites for hydroxylation is 2. The van der Waals surface area contributed by atoms with E-state index in [-0.39, 0.29) is 11.9 Å². The Hall–Kier alpha value is -0.710. The lowest BCUT2D eigenvalue weighted by molar-refractivity contribution is 0.559. The van der Waals surface area contributed by atoms with Gasteiger partial charge in [-0.05, 0) is 6.92 Å². The largest absolute Gasteiger partial charge is 0.443 e. The summed E-state index contributed by atoms with van der Waals surface area (Å²) in [6.45, 7) is 1.77. The van der Waals surface area contributed by atoms with Crippen LogP contribution in [0.5, 0.6) is 0 Å². The van der Waals surface area contributed by atoms with Gasteiger partial charge in [0.1, 0.15) is 11.2 Å². The van der Waals surface area contributed by atoms with Gasteiger partial charge in [0.2, 0.25) is 5.71 Å². The molecule has 0 unspecified atom stereocenters. The van der Waals surface area contributed by atoms with Crippen molar-refractivity contribution in [3.8, 4) is 0 Å². The molecule has 0 aliphatic rings. The zero-order valence-electron chi connectivity index (χ0n) is 9.22. The quantitative estimate of drug-likeness (QED) is 0.822. The second kappa shape index (κ2) is 4.19. The Morgan fingerprint density at radius 3 is 2.71 bits per heavy atom. The highest BCUT2D eigenvalue weighted by molar-refractivity contribution is 6.67. The third kappa shape index (κ3) is 2.44. The van der Waals surface area contributed by atoms with Gasteiger partial charge in [0.15, 0.2) is 3.79 Å². The molecule has 2 aromatic heterocycles. The molecular weight excluding hydrogens is 284 g/mol. The molecule has 0 atom stereocenters. The molecule has 0 aliphatic heterocycles. The molecule has 7 heteroatoms. The third-order valence-electron chi connectivity index (χ3n) is 2.51. The minimum atomic E-state index is -1.41. The lowest BCUT2D eigenvalue weighted by Gasteiger charge is -2.09. The van der Waals surface area contributed by atoms with Crippen LogP contribution in [-0.4, -0.2) is 13.3 Å². The standard InChI is InChI=1S/C10H10Cl3N3O/c1-5-6(3-10(11,12)13)7-8(14)16(2)4-15-9(7)17-5/h4,14H,3H2,1-2H3. The fourth-order valence-corrected chi connectivity index (χ4v) is 2.09. The Balaban J connectivity index is 2.74. The molecule has 0 radical (unpaired) electrons. The fourth-order valence-electron chi connectivity index (χ4n) is 1.68. The zero-order valence-corrected chi connectivity index (χ0v) is 11.5. The minimum Gasteiger partial charge on any atom is -0.443 e. The summed E-state index contributed by atoms with van der Waals surface area (Å²) in [6, 6.07) is 0. The van der Waals surface area contributed by atoms with Crippen molar-refractivity contribution < 1.29 is 4.42 Å². The summed E-state index contributed by atoms with van der Waals surface area (Å²) in [7, 11) is 1.73. The molecule has 0 aromatic carbocycles. The number of furan rings is 1. The predicted molar refractivity (Wildman–Crippen MR) is 67.6 cm³/mol. The van der Waals surface area contributed by atoms with E-state index in [1.165, 1.54) is 6.33 Å². The van der Waals surface area contributed by atoms with Crippen molar-refractivity contribution in [1.29, 1.82) is 5.41 Å². The van der Waals surface area contributed by atoms with Gasteiger partial charge in [0, 0.05) is 19.0 Å². The maximum absolute atomic E-state index is 7.98. The minimum absolute atomic E-state index is 0.189. The maximum Gasteiger partial charge on any atom is 0.231 e. The van der Waals surface area contributed by atoms with Gasteiger partial charge in [0.25, 0.3) is 0 Å². The topological polar surface area (TPSA) is 54.8 Å². The summed E-state index contributed by atoms with van der Waals surface area (Å²) < 4.78 is 5.63. The maximum atomic E-state index is 7.98. The average molecular weight is 295 g/mol. The van der Waals surface area contributed by atoms with Crippen LogP contribution in [0, 0.1) is 12.3 Å². The molecule has 0 bridgehead atoms. The number of nitrogens with zero attached hydrogens (tertiary/aromatic N) is 2. The number of aromatic nitrogens is 2. The van der Waals surface area contributed by atoms with Crippen molar-refractivity contribution >= 4 is 45.9 Å². The molecule has 2 aromatic rings. The van der Waals surface area contributed by atoms with Crippen molar-refractivity contribution in [2.45, 2.75) is 17.1 Å². The first kappa shape index (κ1) is 12.7. The van der Waals surface area contributed by atoms with E-state index >= 15 is 0 Å². The SMILES string of the molecule is Cc1oc2ncn(C)c(=N)c2c1CC(Cl)(Cl)Cl. The molecular formula is C10H10Cl3N3O. The first-order chi connectivity index (χ1) is 7.79. The van der Waals surface area contributed by atoms with Crippen LogP contribution >= 0.6 is 34.8 Å². The highest BCUT2D eigenvalue weighted by atomic mass is 35.6. The Labute approximate surface area is 113 Å². The van der Waals surface area contributed by atoms with E-state index in [4.69, 9.17) is 44.6 Å². The number of rotatable bonds is 1. The van der Waals surface area contributed by atoms with Crippen molar-refractivity contribution in [3.63, 3.8) is 0 Å². The molecule has 0 spiro atoms. The van der Waals surface area contributed by atoms with Crippen LogP contribution in [0.3, 0.4) is 0 Å². The molecule has 0 amide bonds. The van der Waals surface area contributed by atoms with Gasteiger partial charge in [-0.3, -0.25) is 5.41 Å². The summed E-state index contributed by atoms with van der Waals surface area (Å²) in [6.07, 6.45) is 1.71. The summed E-state index contributed by atoms with van der Waals surface area (Å²) >= 11 is 17.4. The first-order valence-electron chi connectivity index (χ1n) is 4.84. The molecule has 4 nitrogen and oxygen atoms in total. The summed E-state index contributed by atoms with van der Waals surface area (Å²) in [4.78, 5) is 4.10. The van der Waals surface area contributed by atoms with Crippen molar-refractivity contribution in [2.24, 2.45) is 7.05 Å². The van der Waals surface area contributed by atoms with E-state index in [1.807, 2.05) is 0 Å². The van der Waals surface area contributed by atoms with Gasteiger partial charge in [-0.1, -0.05) is 34.8 Å². The fraction of sp³-hybridized carbons (Fsp3) is 0.400. The number of alkyl halides is 3. The second-order valence-electron chi connectivity index (χ2n) is 3.81. The van der Waals surface area contributed by atoms with Crippen LogP contribution in [0.25, 0.3) is 11.1 Å². The van der Waals surface area contributed by atoms with Crippen LogP contribution in [0.15, 0.2) is 10.7 Å². The normalized spacial score (nSPS) is 12.3. The number of hydrogen-bond acceptors (Lipinski definition) is 3. The van der Waals surface area contributed by atoms with Crippen LogP contribution < -0.4 is 5.49 Å². The van der Waals surface area contributed by atoms with Gasteiger partial charge >= 0.3 is 0 Å². The van der Waals surface area contributed by atoms with Gasteiger partial charge in [-0.15, -0.1) is 0 Å². The van der Waals surface area contributed by atoms with Crippen molar-refractivity contribution in [1.82, 2.24) is 9.55 Å². The lowest BCUT2D eigenvalue weighted by Crippen LogP contribution is -2.18. The van der Waals surface area contributed by atoms with Crippen LogP contribution in [0.2, 0.25) is 0 Å². The Morgan fingerprint density at radius 2 is 2.12 bits per heavy atom. The van der Waals surface area contributed by atoms with E-state index in [9.17, 15) is 0 Å². The van der Waals surface area contributed by atoms with E-state index < -0.39 is 3.79 Å². The molecule has 2 rings (SSSR count). The summed E-state index contributed by atoms with van der Waals surface area (Å²) in [5.41, 5.74) is 1.40. The summed E-state index contributed by atoms with van der Waals surface area (Å²) in [5.74, 6) is 0.624. The zero-order chi connectivity index (χ0) is 12.8. The average Bonchev–Trinajstić information content (AvgIpc) is 2.48. The van der Waals surface area contributed by atoms with E-state index in [2.05, 4.69) is 4.98 Å². The van der Waals surface area contributed by atoms with Gasteiger partial charge in [-0.25, -0.2) is 4.98 Å². The third-order valence-corrected chi connectivity index (χ3v) is 2.91. The van der Waals surface area contributed by atoms with E-state index in [1.54, 1.807) is 18.5 Å². The number of fused-ring (bicyclic) bond motifs is 1. The smallest absolute Gasteiger partial charge is 0.231 e. The molecule has 0 fully saturated rings. The molecule has 17 heavy (non-hydrogen) atoms. The van der Waals surface area contributed by atoms with Gasteiger partial charge in [0.05, 0.1) is 11.7 Å². The molecule has 1 N–H and O–H groups in total. The summed E-state index contributed by atoms with van der Waals surface area (Å²) in [5, 5.41) is 8.58. The number of nitrogens with one attached hydrogen (secondary N) is 1. The highest BCUT2D eigenvalue weighted by Gasteiger charge is 2.26. The monoisotopic (exact) mass is 293 g/mol. The second-order valence-corrected chi connectivity index (χ2v) is 6.33. The molecule has 0 aliphatic carbocycles. The highest BCUT2D eigenvalue weighted by Crippen LogP contribution is 2.34. The predicted octanol–water partition coefficient (Wildman–Crippen LogP) is 2.87.